The predicted octanol–water partition coefficient (Wildman–Crippen LogP) is 3.73. The Balaban J connectivity index is 2.34. The highest BCUT2D eigenvalue weighted by Crippen LogP contribution is 2.23. The minimum absolute atomic E-state index is 0.00116. The molecule has 100 valence electrons. The van der Waals surface area contributed by atoms with Gasteiger partial charge < -0.3 is 5.32 Å². The summed E-state index contributed by atoms with van der Waals surface area (Å²) in [6.07, 6.45) is 8.45. The van der Waals surface area contributed by atoms with Gasteiger partial charge in [-0.2, -0.15) is 0 Å². The van der Waals surface area contributed by atoms with Gasteiger partial charge in [-0.3, -0.25) is 4.79 Å². The molecular formula is C14H26ClNO. The van der Waals surface area contributed by atoms with Crippen LogP contribution in [0.3, 0.4) is 0 Å². The molecule has 17 heavy (non-hydrogen) atoms. The van der Waals surface area contributed by atoms with Crippen LogP contribution in [0.4, 0.5) is 0 Å². The van der Waals surface area contributed by atoms with E-state index in [1.807, 2.05) is 0 Å². The summed E-state index contributed by atoms with van der Waals surface area (Å²) < 4.78 is 0. The molecule has 3 heteroatoms. The van der Waals surface area contributed by atoms with Crippen molar-refractivity contribution < 1.29 is 4.79 Å². The molecule has 0 radical (unpaired) electrons. The molecular weight excluding hydrogens is 234 g/mol. The molecule has 0 aromatic carbocycles. The molecule has 1 amide bonds. The highest BCUT2D eigenvalue weighted by molar-refractivity contribution is 6.18. The van der Waals surface area contributed by atoms with E-state index in [-0.39, 0.29) is 17.2 Å². The lowest BCUT2D eigenvalue weighted by molar-refractivity contribution is -0.126. The van der Waals surface area contributed by atoms with Gasteiger partial charge in [-0.15, -0.1) is 11.6 Å². The van der Waals surface area contributed by atoms with Crippen LogP contribution in [0.25, 0.3) is 0 Å². The van der Waals surface area contributed by atoms with E-state index < -0.39 is 0 Å². The average molecular weight is 260 g/mol. The van der Waals surface area contributed by atoms with Crippen LogP contribution in [0.2, 0.25) is 0 Å². The van der Waals surface area contributed by atoms with Crippen molar-refractivity contribution in [1.82, 2.24) is 5.32 Å². The van der Waals surface area contributed by atoms with Crippen molar-refractivity contribution in [3.8, 4) is 0 Å². The lowest BCUT2D eigenvalue weighted by Gasteiger charge is -2.24. The third kappa shape index (κ3) is 5.76. The summed E-state index contributed by atoms with van der Waals surface area (Å²) in [4.78, 5) is 12.1. The zero-order chi connectivity index (χ0) is 12.7. The summed E-state index contributed by atoms with van der Waals surface area (Å²) in [5.74, 6) is 1.06. The molecule has 0 bridgehead atoms. The fourth-order valence-electron chi connectivity index (χ4n) is 2.24. The Hall–Kier alpha value is -0.240. The van der Waals surface area contributed by atoms with Crippen molar-refractivity contribution in [1.29, 1.82) is 0 Å². The topological polar surface area (TPSA) is 29.1 Å². The Morgan fingerprint density at radius 3 is 2.24 bits per heavy atom. The Morgan fingerprint density at radius 2 is 1.71 bits per heavy atom. The molecule has 0 aliphatic heterocycles. The molecule has 1 rings (SSSR count). The van der Waals surface area contributed by atoms with Crippen LogP contribution in [-0.2, 0) is 4.79 Å². The minimum atomic E-state index is -0.00116. The van der Waals surface area contributed by atoms with Crippen molar-refractivity contribution in [2.45, 2.75) is 58.8 Å². The number of rotatable bonds is 4. The molecule has 1 saturated carbocycles. The average Bonchev–Trinajstić information content (AvgIpc) is 2.26. The molecule has 2 nitrogen and oxygen atoms in total. The monoisotopic (exact) mass is 259 g/mol. The molecule has 0 atom stereocenters. The highest BCUT2D eigenvalue weighted by atomic mass is 35.5. The summed E-state index contributed by atoms with van der Waals surface area (Å²) in [5.41, 5.74) is -0.00116. The summed E-state index contributed by atoms with van der Waals surface area (Å²) in [6, 6.07) is 0. The van der Waals surface area contributed by atoms with Crippen molar-refractivity contribution in [3.05, 3.63) is 0 Å². The SMILES string of the molecule is CC(C)(CCl)CNC(=O)C1CCCCCCC1. The molecule has 0 aromatic heterocycles. The van der Waals surface area contributed by atoms with E-state index in [2.05, 4.69) is 19.2 Å². The number of halogens is 1. The van der Waals surface area contributed by atoms with Crippen molar-refractivity contribution in [2.24, 2.45) is 11.3 Å². The number of hydrogen-bond acceptors (Lipinski definition) is 1. The number of nitrogens with one attached hydrogen (secondary N) is 1. The second-order valence-corrected chi connectivity index (χ2v) is 6.32. The van der Waals surface area contributed by atoms with Crippen molar-refractivity contribution in [2.75, 3.05) is 12.4 Å². The first-order valence-electron chi connectivity index (χ1n) is 6.89. The Kier molecular flexibility index (Phi) is 6.32. The van der Waals surface area contributed by atoms with Gasteiger partial charge in [0.15, 0.2) is 0 Å². The van der Waals surface area contributed by atoms with Gasteiger partial charge in [-0.1, -0.05) is 46.0 Å². The second-order valence-electron chi connectivity index (χ2n) is 6.06. The van der Waals surface area contributed by atoms with E-state index in [4.69, 9.17) is 11.6 Å². The zero-order valence-electron chi connectivity index (χ0n) is 11.2. The van der Waals surface area contributed by atoms with Crippen LogP contribution >= 0.6 is 11.6 Å². The van der Waals surface area contributed by atoms with Gasteiger partial charge in [0.25, 0.3) is 0 Å². The minimum Gasteiger partial charge on any atom is -0.355 e. The molecule has 1 aliphatic carbocycles. The van der Waals surface area contributed by atoms with Crippen LogP contribution in [-0.4, -0.2) is 18.3 Å². The lowest BCUT2D eigenvalue weighted by atomic mass is 9.90. The molecule has 1 N–H and O–H groups in total. The van der Waals surface area contributed by atoms with Gasteiger partial charge in [0.05, 0.1) is 0 Å². The molecule has 1 fully saturated rings. The Morgan fingerprint density at radius 1 is 1.18 bits per heavy atom. The molecule has 0 heterocycles. The largest absolute Gasteiger partial charge is 0.355 e. The zero-order valence-corrected chi connectivity index (χ0v) is 12.0. The molecule has 1 aliphatic rings. The Labute approximate surface area is 110 Å². The summed E-state index contributed by atoms with van der Waals surface area (Å²) in [5, 5.41) is 3.07. The van der Waals surface area contributed by atoms with Gasteiger partial charge in [-0.05, 0) is 18.3 Å². The number of hydrogen-bond donors (Lipinski definition) is 1. The standard InChI is InChI=1S/C14H26ClNO/c1-14(2,10-15)11-16-13(17)12-8-6-4-3-5-7-9-12/h12H,3-11H2,1-2H3,(H,16,17). The smallest absolute Gasteiger partial charge is 0.223 e. The first-order chi connectivity index (χ1) is 8.05. The lowest BCUT2D eigenvalue weighted by Crippen LogP contribution is -2.38. The predicted molar refractivity (Wildman–Crippen MR) is 73.3 cm³/mol. The van der Waals surface area contributed by atoms with Crippen molar-refractivity contribution in [3.63, 3.8) is 0 Å². The van der Waals surface area contributed by atoms with E-state index in [1.54, 1.807) is 0 Å². The number of carbonyl (C=O) groups excluding carboxylic acids is 1. The van der Waals surface area contributed by atoms with E-state index >= 15 is 0 Å². The van der Waals surface area contributed by atoms with Crippen LogP contribution in [0.15, 0.2) is 0 Å². The van der Waals surface area contributed by atoms with Crippen LogP contribution in [0.1, 0.15) is 58.8 Å². The fraction of sp³-hybridized carbons (Fsp3) is 0.929. The summed E-state index contributed by atoms with van der Waals surface area (Å²) in [7, 11) is 0. The van der Waals surface area contributed by atoms with Gasteiger partial charge in [-0.25, -0.2) is 0 Å². The first-order valence-corrected chi connectivity index (χ1v) is 7.42. The highest BCUT2D eigenvalue weighted by Gasteiger charge is 2.22. The Bertz CT molecular complexity index is 232. The van der Waals surface area contributed by atoms with E-state index in [1.165, 1.54) is 32.1 Å². The maximum atomic E-state index is 12.1. The first kappa shape index (κ1) is 14.8. The third-order valence-corrected chi connectivity index (χ3v) is 4.30. The maximum absolute atomic E-state index is 12.1. The molecule has 0 saturated heterocycles. The summed E-state index contributed by atoms with van der Waals surface area (Å²) in [6.45, 7) is 4.85. The molecule has 0 aromatic rings. The van der Waals surface area contributed by atoms with Crippen LogP contribution < -0.4 is 5.32 Å². The van der Waals surface area contributed by atoms with Gasteiger partial charge in [0.2, 0.25) is 5.91 Å². The van der Waals surface area contributed by atoms with Crippen LogP contribution in [0, 0.1) is 11.3 Å². The quantitative estimate of drug-likeness (QED) is 0.766. The van der Waals surface area contributed by atoms with E-state index in [9.17, 15) is 4.79 Å². The maximum Gasteiger partial charge on any atom is 0.223 e. The molecule has 0 unspecified atom stereocenters. The van der Waals surface area contributed by atoms with Gasteiger partial charge >= 0.3 is 0 Å². The number of alkyl halides is 1. The fourth-order valence-corrected chi connectivity index (χ4v) is 2.33. The number of amides is 1. The van der Waals surface area contributed by atoms with E-state index in [0.29, 0.717) is 12.4 Å². The van der Waals surface area contributed by atoms with E-state index in [0.717, 1.165) is 12.8 Å². The van der Waals surface area contributed by atoms with Crippen molar-refractivity contribution >= 4 is 17.5 Å². The van der Waals surface area contributed by atoms with Crippen LogP contribution in [0.5, 0.6) is 0 Å². The summed E-state index contributed by atoms with van der Waals surface area (Å²) >= 11 is 5.86. The normalized spacial score (nSPS) is 19.5. The van der Waals surface area contributed by atoms with Gasteiger partial charge in [0, 0.05) is 18.3 Å². The second kappa shape index (κ2) is 7.25. The van der Waals surface area contributed by atoms with Gasteiger partial charge in [0.1, 0.15) is 0 Å². The number of carbonyl (C=O) groups is 1. The molecule has 0 spiro atoms. The third-order valence-electron chi connectivity index (χ3n) is 3.58.